The Kier molecular flexibility index (Phi) is 3.41. The second-order valence-corrected chi connectivity index (χ2v) is 3.32. The lowest BCUT2D eigenvalue weighted by atomic mass is 9.97. The normalized spacial score (nSPS) is 9.50. The zero-order valence-corrected chi connectivity index (χ0v) is 8.67. The largest absolute Gasteiger partial charge is 0.245 e. The number of hydrogen-bond acceptors (Lipinski definition) is 2. The first-order chi connectivity index (χ1) is 6.70. The molecule has 1 heterocycles. The summed E-state index contributed by atoms with van der Waals surface area (Å²) < 4.78 is 0. The first-order valence-corrected chi connectivity index (χ1v) is 4.74. The highest BCUT2D eigenvalue weighted by Crippen LogP contribution is 2.23. The van der Waals surface area contributed by atoms with Gasteiger partial charge in [0.1, 0.15) is 11.8 Å². The van der Waals surface area contributed by atoms with E-state index in [9.17, 15) is 0 Å². The van der Waals surface area contributed by atoms with Gasteiger partial charge in [-0.05, 0) is 30.5 Å². The Morgan fingerprint density at radius 2 is 2.36 bits per heavy atom. The van der Waals surface area contributed by atoms with E-state index in [0.717, 1.165) is 29.5 Å². The van der Waals surface area contributed by atoms with Crippen molar-refractivity contribution in [3.63, 3.8) is 0 Å². The molecule has 0 spiro atoms. The van der Waals surface area contributed by atoms with E-state index in [1.807, 2.05) is 13.0 Å². The van der Waals surface area contributed by atoms with E-state index >= 15 is 0 Å². The molecule has 0 saturated heterocycles. The fourth-order valence-electron chi connectivity index (χ4n) is 1.52. The van der Waals surface area contributed by atoms with Crippen molar-refractivity contribution in [3.05, 3.63) is 35.7 Å². The van der Waals surface area contributed by atoms with E-state index in [0.29, 0.717) is 5.69 Å². The Labute approximate surface area is 84.9 Å². The average Bonchev–Trinajstić information content (AvgIpc) is 2.17. The third-order valence-electron chi connectivity index (χ3n) is 2.17. The van der Waals surface area contributed by atoms with Crippen LogP contribution in [0.3, 0.4) is 0 Å². The van der Waals surface area contributed by atoms with E-state index in [4.69, 9.17) is 5.26 Å². The number of nitrogens with zero attached hydrogens (tertiary/aromatic N) is 2. The third kappa shape index (κ3) is 2.00. The van der Waals surface area contributed by atoms with Crippen LogP contribution in [0, 0.1) is 18.3 Å². The summed E-state index contributed by atoms with van der Waals surface area (Å²) in [7, 11) is 0. The Bertz CT molecular complexity index is 386. The number of nitriles is 1. The van der Waals surface area contributed by atoms with Crippen LogP contribution in [0.15, 0.2) is 18.8 Å². The maximum absolute atomic E-state index is 8.91. The van der Waals surface area contributed by atoms with Gasteiger partial charge in [-0.25, -0.2) is 4.98 Å². The lowest BCUT2D eigenvalue weighted by molar-refractivity contribution is 0.970. The Morgan fingerprint density at radius 3 is 2.93 bits per heavy atom. The molecule has 0 amide bonds. The van der Waals surface area contributed by atoms with Gasteiger partial charge in [0.25, 0.3) is 0 Å². The van der Waals surface area contributed by atoms with Crippen LogP contribution in [0.1, 0.15) is 36.6 Å². The van der Waals surface area contributed by atoms with Crippen molar-refractivity contribution in [1.29, 1.82) is 5.26 Å². The second-order valence-electron chi connectivity index (χ2n) is 3.32. The molecule has 0 atom stereocenters. The summed E-state index contributed by atoms with van der Waals surface area (Å²) in [5.74, 6) is 0. The van der Waals surface area contributed by atoms with E-state index in [1.54, 1.807) is 6.20 Å². The van der Waals surface area contributed by atoms with Gasteiger partial charge in [0.2, 0.25) is 0 Å². The van der Waals surface area contributed by atoms with E-state index < -0.39 is 0 Å². The van der Waals surface area contributed by atoms with Crippen LogP contribution in [-0.2, 0) is 0 Å². The molecule has 0 saturated carbocycles. The zero-order valence-electron chi connectivity index (χ0n) is 8.67. The summed E-state index contributed by atoms with van der Waals surface area (Å²) in [5.41, 5.74) is 3.50. The van der Waals surface area contributed by atoms with Crippen molar-refractivity contribution in [2.45, 2.75) is 26.7 Å². The van der Waals surface area contributed by atoms with Crippen molar-refractivity contribution in [1.82, 2.24) is 4.98 Å². The van der Waals surface area contributed by atoms with Crippen molar-refractivity contribution < 1.29 is 0 Å². The highest BCUT2D eigenvalue weighted by Gasteiger charge is 2.08. The molecule has 72 valence electrons. The van der Waals surface area contributed by atoms with E-state index in [-0.39, 0.29) is 0 Å². The monoisotopic (exact) mass is 186 g/mol. The van der Waals surface area contributed by atoms with Crippen molar-refractivity contribution >= 4 is 5.57 Å². The number of rotatable bonds is 3. The highest BCUT2D eigenvalue weighted by molar-refractivity contribution is 5.69. The molecule has 2 heteroatoms. The molecule has 1 aromatic rings. The van der Waals surface area contributed by atoms with E-state index in [1.165, 1.54) is 0 Å². The number of pyridine rings is 1. The van der Waals surface area contributed by atoms with Crippen LogP contribution in [0.4, 0.5) is 0 Å². The molecule has 0 bridgehead atoms. The van der Waals surface area contributed by atoms with Crippen LogP contribution in [0.5, 0.6) is 0 Å². The molecule has 0 aliphatic carbocycles. The molecule has 2 nitrogen and oxygen atoms in total. The van der Waals surface area contributed by atoms with Crippen LogP contribution in [0.25, 0.3) is 5.57 Å². The van der Waals surface area contributed by atoms with Crippen molar-refractivity contribution in [2.24, 2.45) is 0 Å². The van der Waals surface area contributed by atoms with Gasteiger partial charge in [-0.2, -0.15) is 5.26 Å². The van der Waals surface area contributed by atoms with Crippen LogP contribution < -0.4 is 0 Å². The average molecular weight is 186 g/mol. The zero-order chi connectivity index (χ0) is 10.6. The number of hydrogen-bond donors (Lipinski definition) is 0. The topological polar surface area (TPSA) is 36.7 Å². The van der Waals surface area contributed by atoms with Gasteiger partial charge in [-0.3, -0.25) is 0 Å². The molecule has 0 fully saturated rings. The SMILES string of the molecule is C=C(CCC)c1c(C)ccnc1C#N. The minimum atomic E-state index is 0.489. The lowest BCUT2D eigenvalue weighted by Gasteiger charge is -2.08. The fourth-order valence-corrected chi connectivity index (χ4v) is 1.52. The molecule has 1 aromatic heterocycles. The van der Waals surface area contributed by atoms with Gasteiger partial charge in [-0.15, -0.1) is 0 Å². The fraction of sp³-hybridized carbons (Fsp3) is 0.333. The van der Waals surface area contributed by atoms with Crippen LogP contribution in [0.2, 0.25) is 0 Å². The molecular weight excluding hydrogens is 172 g/mol. The molecule has 0 aliphatic heterocycles. The van der Waals surface area contributed by atoms with Crippen LogP contribution >= 0.6 is 0 Å². The third-order valence-corrected chi connectivity index (χ3v) is 2.17. The Morgan fingerprint density at radius 1 is 1.64 bits per heavy atom. The minimum Gasteiger partial charge on any atom is -0.245 e. The van der Waals surface area contributed by atoms with Gasteiger partial charge in [0.15, 0.2) is 0 Å². The summed E-state index contributed by atoms with van der Waals surface area (Å²) in [6.45, 7) is 8.08. The summed E-state index contributed by atoms with van der Waals surface area (Å²) in [6.07, 6.45) is 3.62. The van der Waals surface area contributed by atoms with E-state index in [2.05, 4.69) is 24.6 Å². The summed E-state index contributed by atoms with van der Waals surface area (Å²) in [4.78, 5) is 4.04. The maximum atomic E-state index is 8.91. The van der Waals surface area contributed by atoms with Gasteiger partial charge < -0.3 is 0 Å². The van der Waals surface area contributed by atoms with Gasteiger partial charge in [0.05, 0.1) is 0 Å². The molecule has 1 rings (SSSR count). The predicted octanol–water partition coefficient (Wildman–Crippen LogP) is 3.08. The highest BCUT2D eigenvalue weighted by atomic mass is 14.7. The number of aromatic nitrogens is 1. The molecule has 0 radical (unpaired) electrons. The predicted molar refractivity (Wildman–Crippen MR) is 57.6 cm³/mol. The van der Waals surface area contributed by atoms with Crippen molar-refractivity contribution in [2.75, 3.05) is 0 Å². The van der Waals surface area contributed by atoms with Gasteiger partial charge in [0, 0.05) is 11.8 Å². The smallest absolute Gasteiger partial charge is 0.148 e. The Hall–Kier alpha value is -1.62. The Balaban J connectivity index is 3.18. The molecule has 0 aromatic carbocycles. The summed E-state index contributed by atoms with van der Waals surface area (Å²) in [5, 5.41) is 8.91. The maximum Gasteiger partial charge on any atom is 0.148 e. The molecular formula is C12H14N2. The standard InChI is InChI=1S/C12H14N2/c1-4-5-9(2)12-10(3)6-7-14-11(12)8-13/h6-7H,2,4-5H2,1,3H3. The molecule has 14 heavy (non-hydrogen) atoms. The minimum absolute atomic E-state index is 0.489. The quantitative estimate of drug-likeness (QED) is 0.727. The number of allylic oxidation sites excluding steroid dienone is 1. The molecule has 0 unspecified atom stereocenters. The molecule has 0 aliphatic rings. The van der Waals surface area contributed by atoms with Gasteiger partial charge >= 0.3 is 0 Å². The van der Waals surface area contributed by atoms with Crippen molar-refractivity contribution in [3.8, 4) is 6.07 Å². The first kappa shape index (κ1) is 10.5. The second kappa shape index (κ2) is 4.57. The summed E-state index contributed by atoms with van der Waals surface area (Å²) >= 11 is 0. The number of aryl methyl sites for hydroxylation is 1. The summed E-state index contributed by atoms with van der Waals surface area (Å²) in [6, 6.07) is 4.02. The first-order valence-electron chi connectivity index (χ1n) is 4.74. The lowest BCUT2D eigenvalue weighted by Crippen LogP contribution is -1.95. The van der Waals surface area contributed by atoms with Gasteiger partial charge in [-0.1, -0.05) is 19.9 Å². The van der Waals surface area contributed by atoms with Crippen LogP contribution in [-0.4, -0.2) is 4.98 Å². The molecule has 0 N–H and O–H groups in total.